The molecule has 0 aliphatic heterocycles. The van der Waals surface area contributed by atoms with Crippen LogP contribution < -0.4 is 5.19 Å². The number of nitrogens with zero attached hydrogens (tertiary/aromatic N) is 2. The van der Waals surface area contributed by atoms with Crippen LogP contribution in [0.4, 0.5) is 5.69 Å². The van der Waals surface area contributed by atoms with Crippen molar-refractivity contribution in [2.45, 2.75) is 98.2 Å². The summed E-state index contributed by atoms with van der Waals surface area (Å²) in [4.78, 5) is 10.4. The highest BCUT2D eigenvalue weighted by Gasteiger charge is 2.26. The van der Waals surface area contributed by atoms with E-state index in [0.717, 1.165) is 55.4 Å². The van der Waals surface area contributed by atoms with Gasteiger partial charge in [-0.1, -0.05) is 148 Å². The summed E-state index contributed by atoms with van der Waals surface area (Å²) in [6, 6.07) is 30.0. The Bertz CT molecular complexity index is 2250. The molecule has 0 aliphatic rings. The van der Waals surface area contributed by atoms with E-state index in [2.05, 4.69) is 155 Å². The SMILES string of the molecule is CC(C)(C)c1cc(C=Nc2c(-c3nc4c(-c5ccc([Si](C)(C)C)cc5)cc(C(C)(C)C)cc4o3)ccc3ccccc23)c(O)c(C(C)(C)C)c1. The molecule has 1 N–H and O–H groups in total. The Morgan fingerprint density at radius 2 is 1.34 bits per heavy atom. The monoisotopic (exact) mass is 680 g/mol. The van der Waals surface area contributed by atoms with Crippen LogP contribution in [0.1, 0.15) is 84.6 Å². The third-order valence-electron chi connectivity index (χ3n) is 9.70. The van der Waals surface area contributed by atoms with E-state index in [9.17, 15) is 5.11 Å². The first-order chi connectivity index (χ1) is 23.2. The summed E-state index contributed by atoms with van der Waals surface area (Å²) in [7, 11) is -1.45. The van der Waals surface area contributed by atoms with Crippen molar-refractivity contribution in [1.29, 1.82) is 0 Å². The van der Waals surface area contributed by atoms with Crippen LogP contribution in [-0.4, -0.2) is 24.4 Å². The number of hydrogen-bond acceptors (Lipinski definition) is 4. The molecule has 258 valence electrons. The zero-order chi connectivity index (χ0) is 36.4. The number of aromatic hydroxyl groups is 1. The van der Waals surface area contributed by atoms with Crippen LogP contribution in [0.2, 0.25) is 19.6 Å². The van der Waals surface area contributed by atoms with Crippen molar-refractivity contribution in [3.63, 3.8) is 0 Å². The zero-order valence-electron chi connectivity index (χ0n) is 31.9. The second kappa shape index (κ2) is 12.4. The number of phenolic OH excluding ortho intramolecular Hbond substituents is 1. The largest absolute Gasteiger partial charge is 0.507 e. The summed E-state index contributed by atoms with van der Waals surface area (Å²) in [6.07, 6.45) is 1.80. The topological polar surface area (TPSA) is 58.6 Å². The van der Waals surface area contributed by atoms with Gasteiger partial charge in [-0.15, -0.1) is 0 Å². The fraction of sp³-hybridized carbons (Fsp3) is 0.333. The number of rotatable bonds is 5. The number of aliphatic imine (C=N–C) groups is 1. The van der Waals surface area contributed by atoms with E-state index in [4.69, 9.17) is 14.4 Å². The zero-order valence-corrected chi connectivity index (χ0v) is 32.9. The second-order valence-corrected chi connectivity index (χ2v) is 22.9. The van der Waals surface area contributed by atoms with E-state index in [1.54, 1.807) is 6.21 Å². The molecule has 50 heavy (non-hydrogen) atoms. The first-order valence-electron chi connectivity index (χ1n) is 17.7. The van der Waals surface area contributed by atoms with Crippen molar-refractivity contribution < 1.29 is 9.52 Å². The highest BCUT2D eigenvalue weighted by molar-refractivity contribution is 6.88. The molecule has 0 saturated heterocycles. The molecule has 1 heterocycles. The lowest BCUT2D eigenvalue weighted by Crippen LogP contribution is -2.37. The highest BCUT2D eigenvalue weighted by Crippen LogP contribution is 2.42. The van der Waals surface area contributed by atoms with Gasteiger partial charge in [0.05, 0.1) is 19.3 Å². The van der Waals surface area contributed by atoms with Gasteiger partial charge in [0.1, 0.15) is 11.3 Å². The standard InChI is InChI=1S/C45H52N2O2Si/c1-43(2,3)31-23-30(41(48)37(25-31)45(7,8)9)27-46-39-34-16-14-13-15-28(34)19-22-35(39)42-47-40-36(24-32(44(4,5)6)26-38(40)49-42)29-17-20-33(21-18-29)50(10,11)12/h13-27,48H,1-12H3. The normalized spacial score (nSPS) is 13.2. The molecule has 0 amide bonds. The van der Waals surface area contributed by atoms with Crippen molar-refractivity contribution in [2.24, 2.45) is 4.99 Å². The van der Waals surface area contributed by atoms with Gasteiger partial charge in [0, 0.05) is 28.3 Å². The molecular formula is C45H52N2O2Si. The average Bonchev–Trinajstić information content (AvgIpc) is 3.46. The van der Waals surface area contributed by atoms with Gasteiger partial charge >= 0.3 is 0 Å². The summed E-state index contributed by atoms with van der Waals surface area (Å²) in [5.41, 5.74) is 8.86. The van der Waals surface area contributed by atoms with Crippen LogP contribution >= 0.6 is 0 Å². The molecular weight excluding hydrogens is 629 g/mol. The predicted octanol–water partition coefficient (Wildman–Crippen LogP) is 12.2. The molecule has 0 bridgehead atoms. The quantitative estimate of drug-likeness (QED) is 0.146. The fourth-order valence-corrected chi connectivity index (χ4v) is 7.58. The van der Waals surface area contributed by atoms with Gasteiger partial charge in [-0.25, -0.2) is 4.98 Å². The molecule has 0 saturated carbocycles. The van der Waals surface area contributed by atoms with Crippen molar-refractivity contribution in [1.82, 2.24) is 4.98 Å². The summed E-state index contributed by atoms with van der Waals surface area (Å²) in [5, 5.41) is 15.0. The Morgan fingerprint density at radius 1 is 0.700 bits per heavy atom. The number of hydrogen-bond donors (Lipinski definition) is 1. The summed E-state index contributed by atoms with van der Waals surface area (Å²) in [6.45, 7) is 26.8. The van der Waals surface area contributed by atoms with Crippen molar-refractivity contribution in [3.8, 4) is 28.3 Å². The average molecular weight is 681 g/mol. The number of phenols is 1. The van der Waals surface area contributed by atoms with E-state index in [0.29, 0.717) is 11.5 Å². The van der Waals surface area contributed by atoms with E-state index in [-0.39, 0.29) is 22.0 Å². The number of benzene rings is 5. The first kappa shape index (κ1) is 35.3. The third kappa shape index (κ3) is 6.93. The number of aromatic nitrogens is 1. The van der Waals surface area contributed by atoms with Crippen LogP contribution in [-0.2, 0) is 16.2 Å². The van der Waals surface area contributed by atoms with Crippen LogP contribution in [0.5, 0.6) is 5.75 Å². The maximum absolute atomic E-state index is 11.6. The van der Waals surface area contributed by atoms with Gasteiger partial charge in [0.15, 0.2) is 5.58 Å². The molecule has 6 rings (SSSR count). The lowest BCUT2D eigenvalue weighted by atomic mass is 9.79. The molecule has 6 aromatic rings. The first-order valence-corrected chi connectivity index (χ1v) is 21.2. The Labute approximate surface area is 299 Å². The molecule has 0 fully saturated rings. The van der Waals surface area contributed by atoms with Gasteiger partial charge in [-0.3, -0.25) is 4.99 Å². The van der Waals surface area contributed by atoms with E-state index < -0.39 is 8.07 Å². The van der Waals surface area contributed by atoms with Crippen LogP contribution in [0.3, 0.4) is 0 Å². The lowest BCUT2D eigenvalue weighted by Gasteiger charge is -2.27. The van der Waals surface area contributed by atoms with Crippen molar-refractivity contribution in [2.75, 3.05) is 0 Å². The Balaban J connectivity index is 1.57. The maximum Gasteiger partial charge on any atom is 0.229 e. The molecule has 0 radical (unpaired) electrons. The minimum absolute atomic E-state index is 0.0813. The van der Waals surface area contributed by atoms with Gasteiger partial charge in [0.25, 0.3) is 0 Å². The van der Waals surface area contributed by atoms with E-state index in [1.807, 2.05) is 12.1 Å². The fourth-order valence-electron chi connectivity index (χ4n) is 6.41. The van der Waals surface area contributed by atoms with Gasteiger partial charge in [0.2, 0.25) is 5.89 Å². The Hall–Kier alpha value is -4.48. The maximum atomic E-state index is 11.6. The van der Waals surface area contributed by atoms with Gasteiger partial charge < -0.3 is 9.52 Å². The Kier molecular flexibility index (Phi) is 8.75. The summed E-state index contributed by atoms with van der Waals surface area (Å²) in [5.74, 6) is 0.782. The third-order valence-corrected chi connectivity index (χ3v) is 11.8. The van der Waals surface area contributed by atoms with E-state index >= 15 is 0 Å². The molecule has 5 heteroatoms. The van der Waals surface area contributed by atoms with Crippen LogP contribution in [0.25, 0.3) is 44.5 Å². The number of oxazole rings is 1. The smallest absolute Gasteiger partial charge is 0.229 e. The minimum Gasteiger partial charge on any atom is -0.507 e. The van der Waals surface area contributed by atoms with Gasteiger partial charge in [-0.2, -0.15) is 0 Å². The van der Waals surface area contributed by atoms with Crippen LogP contribution in [0.15, 0.2) is 94.3 Å². The highest BCUT2D eigenvalue weighted by atomic mass is 28.3. The lowest BCUT2D eigenvalue weighted by molar-refractivity contribution is 0.444. The number of fused-ring (bicyclic) bond motifs is 2. The van der Waals surface area contributed by atoms with Crippen LogP contribution in [0, 0.1) is 0 Å². The van der Waals surface area contributed by atoms with E-state index in [1.165, 1.54) is 10.8 Å². The molecule has 4 nitrogen and oxygen atoms in total. The molecule has 0 aliphatic carbocycles. The molecule has 0 unspecified atom stereocenters. The van der Waals surface area contributed by atoms with Crippen molar-refractivity contribution in [3.05, 3.63) is 107 Å². The molecule has 0 atom stereocenters. The second-order valence-electron chi connectivity index (χ2n) is 17.9. The predicted molar refractivity (Wildman–Crippen MR) is 217 cm³/mol. The Morgan fingerprint density at radius 3 is 1.96 bits per heavy atom. The minimum atomic E-state index is -1.45. The van der Waals surface area contributed by atoms with Crippen molar-refractivity contribution >= 4 is 47.0 Å². The molecule has 5 aromatic carbocycles. The molecule has 1 aromatic heterocycles. The molecule has 0 spiro atoms. The van der Waals surface area contributed by atoms with Gasteiger partial charge in [-0.05, 0) is 62.6 Å². The summed E-state index contributed by atoms with van der Waals surface area (Å²) >= 11 is 0. The summed E-state index contributed by atoms with van der Waals surface area (Å²) < 4.78 is 6.70.